The number of urea groups is 1. The Kier molecular flexibility index (Phi) is 4.40. The molecular formula is C9H16F3N3O. The van der Waals surface area contributed by atoms with Crippen LogP contribution in [-0.2, 0) is 0 Å². The molecule has 1 aliphatic rings. The average molecular weight is 239 g/mol. The number of carbonyl (C=O) groups is 1. The van der Waals surface area contributed by atoms with Gasteiger partial charge in [-0.3, -0.25) is 0 Å². The summed E-state index contributed by atoms with van der Waals surface area (Å²) in [6, 6.07) is -0.555. The minimum Gasteiger partial charge on any atom is -0.329 e. The monoisotopic (exact) mass is 239 g/mol. The molecule has 7 heteroatoms. The van der Waals surface area contributed by atoms with Gasteiger partial charge in [0, 0.05) is 26.2 Å². The van der Waals surface area contributed by atoms with E-state index in [2.05, 4.69) is 0 Å². The summed E-state index contributed by atoms with van der Waals surface area (Å²) in [6.07, 6.45) is -2.66. The molecule has 0 aliphatic carbocycles. The second kappa shape index (κ2) is 5.38. The number of halogens is 3. The number of carbonyl (C=O) groups excluding carboxylic acids is 1. The third-order valence-electron chi connectivity index (χ3n) is 2.42. The van der Waals surface area contributed by atoms with Gasteiger partial charge in [0.2, 0.25) is 0 Å². The topological polar surface area (TPSA) is 49.6 Å². The zero-order chi connectivity index (χ0) is 12.2. The number of hydrogen-bond acceptors (Lipinski definition) is 2. The molecule has 0 aromatic heterocycles. The van der Waals surface area contributed by atoms with Crippen LogP contribution >= 0.6 is 0 Å². The SMILES string of the molecule is NCCN(CC(F)(F)F)C(=O)N1CCCC1. The van der Waals surface area contributed by atoms with Gasteiger partial charge in [-0.15, -0.1) is 0 Å². The Morgan fingerprint density at radius 1 is 1.31 bits per heavy atom. The highest BCUT2D eigenvalue weighted by molar-refractivity contribution is 5.74. The van der Waals surface area contributed by atoms with Gasteiger partial charge in [-0.2, -0.15) is 13.2 Å². The van der Waals surface area contributed by atoms with Crippen molar-refractivity contribution in [1.29, 1.82) is 0 Å². The second-order valence-corrected chi connectivity index (χ2v) is 3.80. The third kappa shape index (κ3) is 3.88. The van der Waals surface area contributed by atoms with Crippen LogP contribution in [0.5, 0.6) is 0 Å². The molecule has 16 heavy (non-hydrogen) atoms. The lowest BCUT2D eigenvalue weighted by atomic mass is 10.4. The first-order valence-electron chi connectivity index (χ1n) is 5.24. The lowest BCUT2D eigenvalue weighted by Gasteiger charge is -2.28. The van der Waals surface area contributed by atoms with Gasteiger partial charge in [0.15, 0.2) is 0 Å². The lowest BCUT2D eigenvalue weighted by Crippen LogP contribution is -2.47. The Balaban J connectivity index is 2.57. The molecule has 0 aromatic carbocycles. The fraction of sp³-hybridized carbons (Fsp3) is 0.889. The van der Waals surface area contributed by atoms with Gasteiger partial charge in [-0.05, 0) is 12.8 Å². The van der Waals surface area contributed by atoms with Crippen molar-refractivity contribution in [3.8, 4) is 0 Å². The fourth-order valence-electron chi connectivity index (χ4n) is 1.72. The average Bonchev–Trinajstić information content (AvgIpc) is 2.66. The van der Waals surface area contributed by atoms with E-state index in [0.29, 0.717) is 13.1 Å². The minimum absolute atomic E-state index is 0.0374. The third-order valence-corrected chi connectivity index (χ3v) is 2.42. The van der Waals surface area contributed by atoms with Crippen LogP contribution in [0.2, 0.25) is 0 Å². The van der Waals surface area contributed by atoms with Gasteiger partial charge in [-0.25, -0.2) is 4.79 Å². The van der Waals surface area contributed by atoms with E-state index in [4.69, 9.17) is 5.73 Å². The fourth-order valence-corrected chi connectivity index (χ4v) is 1.72. The van der Waals surface area contributed by atoms with Crippen molar-refractivity contribution in [1.82, 2.24) is 9.80 Å². The summed E-state index contributed by atoms with van der Waals surface area (Å²) < 4.78 is 36.7. The predicted molar refractivity (Wildman–Crippen MR) is 52.9 cm³/mol. The molecule has 1 fully saturated rings. The van der Waals surface area contributed by atoms with Gasteiger partial charge in [0.05, 0.1) is 0 Å². The molecule has 1 saturated heterocycles. The highest BCUT2D eigenvalue weighted by atomic mass is 19.4. The van der Waals surface area contributed by atoms with E-state index < -0.39 is 18.8 Å². The molecule has 0 radical (unpaired) electrons. The maximum absolute atomic E-state index is 12.2. The number of likely N-dealkylation sites (tertiary alicyclic amines) is 1. The van der Waals surface area contributed by atoms with E-state index in [0.717, 1.165) is 17.7 Å². The molecule has 94 valence electrons. The zero-order valence-corrected chi connectivity index (χ0v) is 8.96. The van der Waals surface area contributed by atoms with E-state index in [-0.39, 0.29) is 13.1 Å². The van der Waals surface area contributed by atoms with E-state index >= 15 is 0 Å². The van der Waals surface area contributed by atoms with Crippen molar-refractivity contribution in [2.75, 3.05) is 32.7 Å². The molecule has 1 aliphatic heterocycles. The number of nitrogens with two attached hydrogens (primary N) is 1. The van der Waals surface area contributed by atoms with Gasteiger partial charge < -0.3 is 15.5 Å². The first-order chi connectivity index (χ1) is 7.44. The van der Waals surface area contributed by atoms with Crippen molar-refractivity contribution in [2.45, 2.75) is 19.0 Å². The van der Waals surface area contributed by atoms with Crippen molar-refractivity contribution in [2.24, 2.45) is 5.73 Å². The molecular weight excluding hydrogens is 223 g/mol. The summed E-state index contributed by atoms with van der Waals surface area (Å²) in [5, 5.41) is 0. The minimum atomic E-state index is -4.37. The Labute approximate surface area is 92.2 Å². The number of alkyl halides is 3. The first-order valence-corrected chi connectivity index (χ1v) is 5.24. The van der Waals surface area contributed by atoms with Crippen LogP contribution in [0.25, 0.3) is 0 Å². The first kappa shape index (κ1) is 13.1. The summed E-state index contributed by atoms with van der Waals surface area (Å²) in [5.41, 5.74) is 5.20. The highest BCUT2D eigenvalue weighted by Gasteiger charge is 2.34. The largest absolute Gasteiger partial charge is 0.406 e. The van der Waals surface area contributed by atoms with Crippen molar-refractivity contribution >= 4 is 6.03 Å². The van der Waals surface area contributed by atoms with Crippen LogP contribution in [0.15, 0.2) is 0 Å². The summed E-state index contributed by atoms with van der Waals surface area (Å²) in [7, 11) is 0. The highest BCUT2D eigenvalue weighted by Crippen LogP contribution is 2.18. The van der Waals surface area contributed by atoms with Crippen molar-refractivity contribution in [3.63, 3.8) is 0 Å². The molecule has 2 amide bonds. The molecule has 1 heterocycles. The van der Waals surface area contributed by atoms with Gasteiger partial charge in [0.25, 0.3) is 0 Å². The van der Waals surface area contributed by atoms with E-state index in [1.165, 1.54) is 4.90 Å². The maximum atomic E-state index is 12.2. The smallest absolute Gasteiger partial charge is 0.329 e. The standard InChI is InChI=1S/C9H16F3N3O/c10-9(11,12)7-15(6-3-13)8(16)14-4-1-2-5-14/h1-7,13H2. The van der Waals surface area contributed by atoms with Crippen molar-refractivity contribution in [3.05, 3.63) is 0 Å². The van der Waals surface area contributed by atoms with Crippen LogP contribution < -0.4 is 5.73 Å². The van der Waals surface area contributed by atoms with E-state index in [1.807, 2.05) is 0 Å². The Morgan fingerprint density at radius 2 is 1.88 bits per heavy atom. The van der Waals surface area contributed by atoms with Crippen LogP contribution in [0.1, 0.15) is 12.8 Å². The van der Waals surface area contributed by atoms with Gasteiger partial charge in [-0.1, -0.05) is 0 Å². The van der Waals surface area contributed by atoms with Gasteiger partial charge in [0.1, 0.15) is 6.54 Å². The van der Waals surface area contributed by atoms with Crippen LogP contribution in [-0.4, -0.2) is 54.7 Å². The molecule has 0 saturated carbocycles. The summed E-state index contributed by atoms with van der Waals surface area (Å²) >= 11 is 0. The predicted octanol–water partition coefficient (Wildman–Crippen LogP) is 1.03. The summed E-state index contributed by atoms with van der Waals surface area (Å²) in [5.74, 6) is 0. The molecule has 0 aromatic rings. The molecule has 2 N–H and O–H groups in total. The Hall–Kier alpha value is -0.980. The van der Waals surface area contributed by atoms with E-state index in [1.54, 1.807) is 0 Å². The van der Waals surface area contributed by atoms with Crippen LogP contribution in [0.4, 0.5) is 18.0 Å². The lowest BCUT2D eigenvalue weighted by molar-refractivity contribution is -0.140. The van der Waals surface area contributed by atoms with Gasteiger partial charge >= 0.3 is 12.2 Å². The molecule has 0 unspecified atom stereocenters. The summed E-state index contributed by atoms with van der Waals surface area (Å²) in [4.78, 5) is 13.9. The molecule has 0 atom stereocenters. The summed E-state index contributed by atoms with van der Waals surface area (Å²) in [6.45, 7) is -0.167. The zero-order valence-electron chi connectivity index (χ0n) is 8.96. The molecule has 1 rings (SSSR count). The quantitative estimate of drug-likeness (QED) is 0.799. The number of nitrogens with zero attached hydrogens (tertiary/aromatic N) is 2. The normalized spacial score (nSPS) is 16.6. The van der Waals surface area contributed by atoms with Crippen molar-refractivity contribution < 1.29 is 18.0 Å². The number of amides is 2. The Bertz CT molecular complexity index is 239. The van der Waals surface area contributed by atoms with Crippen LogP contribution in [0, 0.1) is 0 Å². The second-order valence-electron chi connectivity index (χ2n) is 3.80. The molecule has 0 bridgehead atoms. The molecule has 0 spiro atoms. The van der Waals surface area contributed by atoms with Crippen LogP contribution in [0.3, 0.4) is 0 Å². The number of rotatable bonds is 3. The Morgan fingerprint density at radius 3 is 2.31 bits per heavy atom. The molecule has 4 nitrogen and oxygen atoms in total. The van der Waals surface area contributed by atoms with E-state index in [9.17, 15) is 18.0 Å². The number of hydrogen-bond donors (Lipinski definition) is 1. The maximum Gasteiger partial charge on any atom is 0.406 e.